The van der Waals surface area contributed by atoms with Crippen molar-refractivity contribution in [3.8, 4) is 11.8 Å². The van der Waals surface area contributed by atoms with Crippen molar-refractivity contribution in [1.29, 1.82) is 0 Å². The number of ether oxygens (including phenoxy) is 2. The fourth-order valence-corrected chi connectivity index (χ4v) is 5.75. The van der Waals surface area contributed by atoms with Crippen LogP contribution in [0.2, 0.25) is 0 Å². The zero-order valence-corrected chi connectivity index (χ0v) is 28.6. The van der Waals surface area contributed by atoms with Crippen molar-refractivity contribution >= 4 is 16.7 Å². The third-order valence-electron chi connectivity index (χ3n) is 8.75. The Hall–Kier alpha value is -2.57. The van der Waals surface area contributed by atoms with Gasteiger partial charge in [-0.1, -0.05) is 157 Å². The first-order chi connectivity index (χ1) is 21.6. The quantitative estimate of drug-likeness (QED) is 0.0519. The summed E-state index contributed by atoms with van der Waals surface area (Å²) in [5.74, 6) is 6.28. The minimum absolute atomic E-state index is 0.369. The highest BCUT2D eigenvalue weighted by Gasteiger charge is 2.39. The lowest BCUT2D eigenvalue weighted by Crippen LogP contribution is -2.38. The van der Waals surface area contributed by atoms with Gasteiger partial charge in [-0.2, -0.15) is 0 Å². The van der Waals surface area contributed by atoms with Gasteiger partial charge in [-0.15, -0.1) is 0 Å². The molecule has 0 saturated carbocycles. The van der Waals surface area contributed by atoms with Crippen LogP contribution >= 0.6 is 0 Å². The molecule has 44 heavy (non-hydrogen) atoms. The molecule has 0 N–H and O–H groups in total. The molecule has 0 aromatic heterocycles. The highest BCUT2D eigenvalue weighted by atomic mass is 16.6. The largest absolute Gasteiger partial charge is 0.447 e. The standard InChI is InChI=1S/C41H62O3/c1-5-7-9-11-13-14-15-16-17-18-19-20-22-24-26-33-37(32-25-23-21-12-10-8-6-2)44-40(42)41(3,43-4)39-35-29-31-36-30-27-28-34-38(36)39/h16-17,27-31,34-35,37H,5-15,18-24,26,33H2,1-4H3/b17-16+/t37-,41+/m0/s1. The second kappa shape index (κ2) is 23.8. The van der Waals surface area contributed by atoms with Gasteiger partial charge in [0.05, 0.1) is 0 Å². The molecule has 0 heterocycles. The number of hydrogen-bond acceptors (Lipinski definition) is 3. The van der Waals surface area contributed by atoms with E-state index in [-0.39, 0.29) is 5.97 Å². The van der Waals surface area contributed by atoms with Crippen LogP contribution in [0.15, 0.2) is 54.6 Å². The van der Waals surface area contributed by atoms with Crippen LogP contribution in [0, 0.1) is 11.8 Å². The Morgan fingerprint density at radius 1 is 0.750 bits per heavy atom. The van der Waals surface area contributed by atoms with Crippen molar-refractivity contribution in [2.45, 2.75) is 161 Å². The van der Waals surface area contributed by atoms with Crippen LogP contribution in [-0.4, -0.2) is 19.2 Å². The second-order valence-corrected chi connectivity index (χ2v) is 12.5. The maximum atomic E-state index is 13.7. The van der Waals surface area contributed by atoms with Gasteiger partial charge in [-0.3, -0.25) is 0 Å². The summed E-state index contributed by atoms with van der Waals surface area (Å²) in [6.45, 7) is 6.33. The van der Waals surface area contributed by atoms with Crippen LogP contribution < -0.4 is 0 Å². The maximum Gasteiger partial charge on any atom is 0.344 e. The predicted octanol–water partition coefficient (Wildman–Crippen LogP) is 12.0. The number of carbonyl (C=O) groups is 1. The summed E-state index contributed by atoms with van der Waals surface area (Å²) in [6.07, 6.45) is 28.6. The molecule has 2 aromatic rings. The van der Waals surface area contributed by atoms with Crippen LogP contribution in [0.5, 0.6) is 0 Å². The molecule has 2 aromatic carbocycles. The number of esters is 1. The van der Waals surface area contributed by atoms with Crippen molar-refractivity contribution in [3.05, 3.63) is 60.2 Å². The van der Waals surface area contributed by atoms with E-state index in [0.29, 0.717) is 0 Å². The highest BCUT2D eigenvalue weighted by Crippen LogP contribution is 2.33. The molecular weight excluding hydrogens is 540 g/mol. The molecule has 2 rings (SSSR count). The Morgan fingerprint density at radius 2 is 1.32 bits per heavy atom. The zero-order valence-electron chi connectivity index (χ0n) is 28.6. The number of allylic oxidation sites excluding steroid dienone is 2. The smallest absolute Gasteiger partial charge is 0.344 e. The van der Waals surface area contributed by atoms with Crippen LogP contribution in [0.3, 0.4) is 0 Å². The van der Waals surface area contributed by atoms with Gasteiger partial charge in [0.25, 0.3) is 0 Å². The summed E-state index contributed by atoms with van der Waals surface area (Å²) in [4.78, 5) is 13.7. The molecule has 0 unspecified atom stereocenters. The van der Waals surface area contributed by atoms with Crippen LogP contribution in [-0.2, 0) is 19.9 Å². The molecule has 3 nitrogen and oxygen atoms in total. The van der Waals surface area contributed by atoms with E-state index in [1.807, 2.05) is 37.3 Å². The summed E-state index contributed by atoms with van der Waals surface area (Å²) in [6, 6.07) is 14.1. The molecule has 0 bridgehead atoms. The topological polar surface area (TPSA) is 35.5 Å². The Morgan fingerprint density at radius 3 is 1.98 bits per heavy atom. The van der Waals surface area contributed by atoms with E-state index in [4.69, 9.17) is 9.47 Å². The SMILES string of the molecule is CCCCCCCC#C[C@@H](CCCCCCC/C=C/CCCCCCCC)OC(=O)[C@](C)(OC)c1cccc2ccccc12. The van der Waals surface area contributed by atoms with Gasteiger partial charge in [0.2, 0.25) is 0 Å². The van der Waals surface area contributed by atoms with Crippen LogP contribution in [0.25, 0.3) is 10.8 Å². The first kappa shape index (κ1) is 37.6. The van der Waals surface area contributed by atoms with E-state index >= 15 is 0 Å². The molecule has 0 aliphatic heterocycles. The van der Waals surface area contributed by atoms with Gasteiger partial charge in [0.15, 0.2) is 11.7 Å². The van der Waals surface area contributed by atoms with Gasteiger partial charge >= 0.3 is 5.97 Å². The number of carbonyl (C=O) groups excluding carboxylic acids is 1. The lowest BCUT2D eigenvalue weighted by molar-refractivity contribution is -0.171. The first-order valence-electron chi connectivity index (χ1n) is 17.9. The van der Waals surface area contributed by atoms with E-state index in [1.165, 1.54) is 96.3 Å². The molecule has 244 valence electrons. The number of rotatable bonds is 24. The lowest BCUT2D eigenvalue weighted by atomic mass is 9.90. The number of benzene rings is 2. The second-order valence-electron chi connectivity index (χ2n) is 12.5. The normalized spacial score (nSPS) is 13.5. The first-order valence-corrected chi connectivity index (χ1v) is 17.9. The number of hydrogen-bond donors (Lipinski definition) is 0. The van der Waals surface area contributed by atoms with Gasteiger partial charge in [0, 0.05) is 19.1 Å². The third-order valence-corrected chi connectivity index (χ3v) is 8.75. The minimum atomic E-state index is -1.20. The van der Waals surface area contributed by atoms with Crippen molar-refractivity contribution < 1.29 is 14.3 Å². The number of unbranched alkanes of at least 4 members (excludes halogenated alkanes) is 16. The Kier molecular flexibility index (Phi) is 20.3. The van der Waals surface area contributed by atoms with E-state index in [2.05, 4.69) is 50.0 Å². The van der Waals surface area contributed by atoms with E-state index in [9.17, 15) is 4.79 Å². The van der Waals surface area contributed by atoms with E-state index in [1.54, 1.807) is 7.11 Å². The molecule has 3 heteroatoms. The van der Waals surface area contributed by atoms with Crippen molar-refractivity contribution in [2.24, 2.45) is 0 Å². The summed E-state index contributed by atoms with van der Waals surface area (Å²) < 4.78 is 12.0. The van der Waals surface area contributed by atoms with Crippen molar-refractivity contribution in [2.75, 3.05) is 7.11 Å². The molecule has 2 atom stereocenters. The predicted molar refractivity (Wildman–Crippen MR) is 189 cm³/mol. The highest BCUT2D eigenvalue weighted by molar-refractivity contribution is 5.92. The molecule has 0 spiro atoms. The molecule has 0 fully saturated rings. The average Bonchev–Trinajstić information content (AvgIpc) is 3.05. The Labute approximate surface area is 270 Å². The minimum Gasteiger partial charge on any atom is -0.447 e. The Bertz CT molecular complexity index is 1120. The average molecular weight is 603 g/mol. The van der Waals surface area contributed by atoms with Gasteiger partial charge in [-0.05, 0) is 62.6 Å². The summed E-state index contributed by atoms with van der Waals surface area (Å²) in [5.41, 5.74) is -0.379. The molecule has 0 radical (unpaired) electrons. The summed E-state index contributed by atoms with van der Waals surface area (Å²) in [7, 11) is 1.59. The zero-order chi connectivity index (χ0) is 31.7. The van der Waals surface area contributed by atoms with Crippen LogP contribution in [0.4, 0.5) is 0 Å². The molecule has 0 aliphatic carbocycles. The molecular formula is C41H62O3. The van der Waals surface area contributed by atoms with Crippen molar-refractivity contribution in [1.82, 2.24) is 0 Å². The van der Waals surface area contributed by atoms with Gasteiger partial charge in [0.1, 0.15) is 0 Å². The monoisotopic (exact) mass is 602 g/mol. The van der Waals surface area contributed by atoms with E-state index in [0.717, 1.165) is 48.4 Å². The van der Waals surface area contributed by atoms with E-state index < -0.39 is 11.7 Å². The summed E-state index contributed by atoms with van der Waals surface area (Å²) >= 11 is 0. The fraction of sp³-hybridized carbons (Fsp3) is 0.634. The maximum absolute atomic E-state index is 13.7. The number of fused-ring (bicyclic) bond motifs is 1. The van der Waals surface area contributed by atoms with Gasteiger partial charge < -0.3 is 9.47 Å². The number of methoxy groups -OCH3 is 1. The van der Waals surface area contributed by atoms with Gasteiger partial charge in [-0.25, -0.2) is 4.79 Å². The molecule has 0 amide bonds. The molecule has 0 aliphatic rings. The third kappa shape index (κ3) is 14.5. The fourth-order valence-electron chi connectivity index (χ4n) is 5.75. The Balaban J connectivity index is 1.85. The summed E-state index contributed by atoms with van der Waals surface area (Å²) in [5, 5.41) is 2.08. The lowest BCUT2D eigenvalue weighted by Gasteiger charge is -2.29. The van der Waals surface area contributed by atoms with Crippen LogP contribution in [0.1, 0.15) is 155 Å². The van der Waals surface area contributed by atoms with Crippen molar-refractivity contribution in [3.63, 3.8) is 0 Å². The molecule has 0 saturated heterocycles.